The molecule has 12 heavy (non-hydrogen) atoms. The summed E-state index contributed by atoms with van der Waals surface area (Å²) in [5.41, 5.74) is 0.384. The van der Waals surface area contributed by atoms with E-state index in [1.165, 1.54) is 18.7 Å². The predicted molar refractivity (Wildman–Crippen MR) is 41.6 cm³/mol. The maximum atomic E-state index is 11.0. The van der Waals surface area contributed by atoms with Crippen LogP contribution in [0.5, 0.6) is 0 Å². The molecule has 0 aromatic carbocycles. The summed E-state index contributed by atoms with van der Waals surface area (Å²) < 4.78 is 0. The van der Waals surface area contributed by atoms with E-state index in [4.69, 9.17) is 0 Å². The fraction of sp³-hybridized carbons (Fsp3) is 0. The third kappa shape index (κ3) is 1.15. The molecule has 0 fully saturated rings. The zero-order valence-electron chi connectivity index (χ0n) is 5.98. The molecule has 2 rings (SSSR count). The van der Waals surface area contributed by atoms with Gasteiger partial charge < -0.3 is 10.5 Å². The molecular formula is C6H6N4O2. The van der Waals surface area contributed by atoms with Crippen molar-refractivity contribution in [2.75, 3.05) is 0 Å². The highest BCUT2D eigenvalue weighted by atomic mass is 16.1. The minimum atomic E-state index is -0.261. The third-order valence-corrected chi connectivity index (χ3v) is 1.28. The van der Waals surface area contributed by atoms with Crippen molar-refractivity contribution in [3.05, 3.63) is 29.1 Å². The van der Waals surface area contributed by atoms with Gasteiger partial charge in [0.05, 0.1) is 6.33 Å². The first kappa shape index (κ1) is 8.28. The summed E-state index contributed by atoms with van der Waals surface area (Å²) in [5.74, 6) is 0. The lowest BCUT2D eigenvalue weighted by Gasteiger charge is -1.89. The molecule has 6 heteroatoms. The zero-order chi connectivity index (χ0) is 7.68. The second-order valence-electron chi connectivity index (χ2n) is 1.96. The number of nitrogens with one attached hydrogen (secondary N) is 1. The van der Waals surface area contributed by atoms with E-state index in [2.05, 4.69) is 19.9 Å². The van der Waals surface area contributed by atoms with E-state index in [1.54, 1.807) is 0 Å². The van der Waals surface area contributed by atoms with Crippen molar-refractivity contribution in [1.29, 1.82) is 0 Å². The van der Waals surface area contributed by atoms with Gasteiger partial charge in [0.25, 0.3) is 5.56 Å². The van der Waals surface area contributed by atoms with E-state index in [0.717, 1.165) is 0 Å². The maximum Gasteiger partial charge on any atom is 0.278 e. The summed E-state index contributed by atoms with van der Waals surface area (Å²) in [6, 6.07) is 0. The van der Waals surface area contributed by atoms with Crippen LogP contribution in [0.1, 0.15) is 0 Å². The normalized spacial score (nSPS) is 9.33. The molecule has 62 valence electrons. The summed E-state index contributed by atoms with van der Waals surface area (Å²) >= 11 is 0. The monoisotopic (exact) mass is 166 g/mol. The summed E-state index contributed by atoms with van der Waals surface area (Å²) in [5, 5.41) is 0. The maximum absolute atomic E-state index is 11.0. The van der Waals surface area contributed by atoms with Crippen molar-refractivity contribution in [3.8, 4) is 0 Å². The first-order chi connectivity index (χ1) is 5.38. The van der Waals surface area contributed by atoms with Gasteiger partial charge in [-0.05, 0) is 0 Å². The van der Waals surface area contributed by atoms with E-state index < -0.39 is 0 Å². The molecule has 0 bridgehead atoms. The molecule has 6 nitrogen and oxygen atoms in total. The SMILES string of the molecule is O.O=c1[nH]cnc2nccnc12. The quantitative estimate of drug-likeness (QED) is 0.535. The van der Waals surface area contributed by atoms with E-state index >= 15 is 0 Å². The predicted octanol–water partition coefficient (Wildman–Crippen LogP) is -1.11. The minimum Gasteiger partial charge on any atom is -0.412 e. The molecule has 0 aliphatic rings. The molecule has 0 amide bonds. The van der Waals surface area contributed by atoms with Crippen LogP contribution in [0, 0.1) is 0 Å². The Labute approximate surface area is 66.6 Å². The van der Waals surface area contributed by atoms with Crippen LogP contribution in [0.25, 0.3) is 11.2 Å². The Morgan fingerprint density at radius 3 is 2.67 bits per heavy atom. The van der Waals surface area contributed by atoms with Crippen LogP contribution >= 0.6 is 0 Å². The Balaban J connectivity index is 0.000000720. The van der Waals surface area contributed by atoms with Crippen LogP contribution in [0.3, 0.4) is 0 Å². The number of hydrogen-bond acceptors (Lipinski definition) is 4. The number of aromatic amines is 1. The van der Waals surface area contributed by atoms with Crippen LogP contribution in [0.15, 0.2) is 23.5 Å². The Morgan fingerprint density at radius 1 is 1.17 bits per heavy atom. The lowest BCUT2D eigenvalue weighted by molar-refractivity contribution is 0.824. The number of hydrogen-bond donors (Lipinski definition) is 1. The molecule has 0 saturated heterocycles. The number of nitrogens with zero attached hydrogens (tertiary/aromatic N) is 3. The van der Waals surface area contributed by atoms with Gasteiger partial charge in [-0.1, -0.05) is 0 Å². The van der Waals surface area contributed by atoms with Crippen molar-refractivity contribution in [1.82, 2.24) is 19.9 Å². The van der Waals surface area contributed by atoms with Crippen molar-refractivity contribution in [2.24, 2.45) is 0 Å². The highest BCUT2D eigenvalue weighted by Crippen LogP contribution is 1.93. The fourth-order valence-electron chi connectivity index (χ4n) is 0.806. The van der Waals surface area contributed by atoms with Crippen molar-refractivity contribution in [2.45, 2.75) is 0 Å². The fourth-order valence-corrected chi connectivity index (χ4v) is 0.806. The van der Waals surface area contributed by atoms with Crippen LogP contribution in [-0.4, -0.2) is 25.4 Å². The molecule has 2 heterocycles. The van der Waals surface area contributed by atoms with Gasteiger partial charge in [-0.3, -0.25) is 4.79 Å². The Kier molecular flexibility index (Phi) is 2.11. The van der Waals surface area contributed by atoms with Gasteiger partial charge in [-0.15, -0.1) is 0 Å². The molecule has 2 aromatic heterocycles. The molecule has 0 aliphatic carbocycles. The lowest BCUT2D eigenvalue weighted by atomic mass is 10.5. The standard InChI is InChI=1S/C6H4N4O.H2O/c11-6-4-5(9-3-10-6)8-2-1-7-4;/h1-3H,(H,8,9,10,11);1H2. The number of rotatable bonds is 0. The molecular weight excluding hydrogens is 160 g/mol. The average Bonchev–Trinajstić information content (AvgIpc) is 2.06. The molecule has 0 radical (unpaired) electrons. The highest BCUT2D eigenvalue weighted by Gasteiger charge is 1.97. The number of aromatic nitrogens is 4. The van der Waals surface area contributed by atoms with E-state index in [9.17, 15) is 4.79 Å². The second kappa shape index (κ2) is 3.05. The first-order valence-corrected chi connectivity index (χ1v) is 3.02. The van der Waals surface area contributed by atoms with Gasteiger partial charge in [0.15, 0.2) is 11.2 Å². The van der Waals surface area contributed by atoms with Crippen LogP contribution < -0.4 is 5.56 Å². The van der Waals surface area contributed by atoms with Gasteiger partial charge in [0.2, 0.25) is 0 Å². The molecule has 0 atom stereocenters. The van der Waals surface area contributed by atoms with Gasteiger partial charge in [-0.25, -0.2) is 15.0 Å². The molecule has 0 saturated carbocycles. The Morgan fingerprint density at radius 2 is 1.92 bits per heavy atom. The first-order valence-electron chi connectivity index (χ1n) is 3.02. The van der Waals surface area contributed by atoms with E-state index in [0.29, 0.717) is 5.65 Å². The molecule has 2 aromatic rings. The van der Waals surface area contributed by atoms with Gasteiger partial charge in [0, 0.05) is 12.4 Å². The number of H-pyrrole nitrogens is 1. The van der Waals surface area contributed by atoms with E-state index in [1.807, 2.05) is 0 Å². The molecule has 0 unspecified atom stereocenters. The number of fused-ring (bicyclic) bond motifs is 1. The van der Waals surface area contributed by atoms with Crippen LogP contribution in [-0.2, 0) is 0 Å². The second-order valence-corrected chi connectivity index (χ2v) is 1.96. The Hall–Kier alpha value is -1.82. The average molecular weight is 166 g/mol. The van der Waals surface area contributed by atoms with Crippen LogP contribution in [0.2, 0.25) is 0 Å². The zero-order valence-corrected chi connectivity index (χ0v) is 5.98. The minimum absolute atomic E-state index is 0. The van der Waals surface area contributed by atoms with Gasteiger partial charge in [0.1, 0.15) is 0 Å². The molecule has 0 spiro atoms. The topological polar surface area (TPSA) is 103 Å². The van der Waals surface area contributed by atoms with Gasteiger partial charge in [-0.2, -0.15) is 0 Å². The third-order valence-electron chi connectivity index (χ3n) is 1.28. The summed E-state index contributed by atoms with van der Waals surface area (Å²) in [6.07, 6.45) is 4.26. The largest absolute Gasteiger partial charge is 0.412 e. The van der Waals surface area contributed by atoms with Crippen molar-refractivity contribution >= 4 is 11.2 Å². The molecule has 0 aliphatic heterocycles. The summed E-state index contributed by atoms with van der Waals surface area (Å²) in [6.45, 7) is 0. The van der Waals surface area contributed by atoms with Crippen LogP contribution in [0.4, 0.5) is 0 Å². The lowest BCUT2D eigenvalue weighted by Crippen LogP contribution is -2.08. The smallest absolute Gasteiger partial charge is 0.278 e. The molecule has 3 N–H and O–H groups in total. The van der Waals surface area contributed by atoms with Gasteiger partial charge >= 0.3 is 0 Å². The van der Waals surface area contributed by atoms with Crippen molar-refractivity contribution in [3.63, 3.8) is 0 Å². The van der Waals surface area contributed by atoms with E-state index in [-0.39, 0.29) is 16.6 Å². The Bertz CT molecular complexity index is 433. The summed E-state index contributed by atoms with van der Waals surface area (Å²) in [7, 11) is 0. The highest BCUT2D eigenvalue weighted by molar-refractivity contribution is 5.66. The van der Waals surface area contributed by atoms with Crippen molar-refractivity contribution < 1.29 is 5.48 Å². The summed E-state index contributed by atoms with van der Waals surface area (Å²) in [4.78, 5) is 24.9.